The molecule has 514 valence electrons. The van der Waals surface area contributed by atoms with E-state index in [9.17, 15) is 0 Å². The van der Waals surface area contributed by atoms with Gasteiger partial charge in [-0.1, -0.05) is 193 Å². The molecule has 4 aliphatic heterocycles. The van der Waals surface area contributed by atoms with E-state index in [2.05, 4.69) is 0 Å². The third-order valence-electron chi connectivity index (χ3n) is 20.1. The van der Waals surface area contributed by atoms with E-state index in [1.807, 2.05) is 114 Å². The first kappa shape index (κ1) is 65.7. The van der Waals surface area contributed by atoms with Gasteiger partial charge in [0.05, 0.1) is 28.2 Å². The number of anilines is 15. The third-order valence-corrected chi connectivity index (χ3v) is 21.3. The Morgan fingerprint density at radius 1 is 0.283 bits per heavy atom. The number of alkyl halides is 6. The van der Waals surface area contributed by atoms with Gasteiger partial charge in [-0.05, 0) is 171 Å². The zero-order chi connectivity index (χ0) is 72.6. The summed E-state index contributed by atoms with van der Waals surface area (Å²) in [6.45, 7) is -2.71. The van der Waals surface area contributed by atoms with Crippen LogP contribution in [0.3, 0.4) is 0 Å². The number of hydrogen-bond acceptors (Lipinski definition) is 6. The van der Waals surface area contributed by atoms with Crippen LogP contribution < -0.4 is 57.3 Å². The minimum absolute atomic E-state index is 0.0126. The van der Waals surface area contributed by atoms with Crippen LogP contribution in [-0.2, 0) is 12.4 Å². The van der Waals surface area contributed by atoms with Crippen molar-refractivity contribution in [2.24, 2.45) is 0 Å². The molecule has 106 heavy (non-hydrogen) atoms. The number of rotatable bonds is 11. The monoisotopic (exact) mass is 1430 g/mol. The van der Waals surface area contributed by atoms with Crippen LogP contribution in [0.5, 0.6) is 0 Å². The smallest absolute Gasteiger partial charge is 0.310 e. The van der Waals surface area contributed by atoms with Crippen LogP contribution in [0, 0.1) is 34.9 Å². The second-order valence-electron chi connectivity index (χ2n) is 26.0. The summed E-state index contributed by atoms with van der Waals surface area (Å²) in [6.07, 6.45) is -10.8. The molecule has 18 rings (SSSR count). The Labute approximate surface area is 604 Å². The summed E-state index contributed by atoms with van der Waals surface area (Å²) in [7, 11) is 0. The summed E-state index contributed by atoms with van der Waals surface area (Å²) in [6, 6.07) is 76.6. The van der Waals surface area contributed by atoms with E-state index in [0.717, 1.165) is 98.8 Å². The maximum atomic E-state index is 18.3. The summed E-state index contributed by atoms with van der Waals surface area (Å²) in [5, 5.41) is 0. The highest BCUT2D eigenvalue weighted by Crippen LogP contribution is 2.57. The number of para-hydroxylation sites is 7. The predicted molar refractivity (Wildman–Crippen MR) is 400 cm³/mol. The first-order valence-electron chi connectivity index (χ1n) is 33.7. The molecule has 0 fully saturated rings. The topological polar surface area (TPSA) is 16.2 Å². The van der Waals surface area contributed by atoms with Crippen LogP contribution in [0.2, 0.25) is 0 Å². The molecule has 4 aliphatic rings. The van der Waals surface area contributed by atoms with Gasteiger partial charge in [0.1, 0.15) is 52.0 Å². The van der Waals surface area contributed by atoms with Crippen LogP contribution in [0.1, 0.15) is 11.1 Å². The molecule has 5 nitrogen and oxygen atoms in total. The van der Waals surface area contributed by atoms with Gasteiger partial charge in [-0.3, -0.25) is 0 Å². The Balaban J connectivity index is 0.970. The lowest BCUT2D eigenvalue weighted by molar-refractivity contribution is -0.139. The Hall–Kier alpha value is -12.3. The molecule has 0 unspecified atom stereocenters. The van der Waals surface area contributed by atoms with Gasteiger partial charge in [-0.25, -0.2) is 26.3 Å². The van der Waals surface area contributed by atoms with Gasteiger partial charge in [0.25, 0.3) is 6.71 Å². The van der Waals surface area contributed by atoms with E-state index in [0.29, 0.717) is 39.7 Å². The Kier molecular flexibility index (Phi) is 15.7. The van der Waals surface area contributed by atoms with E-state index >= 15 is 52.7 Å². The average Bonchev–Trinajstić information content (AvgIpc) is 0.707. The van der Waals surface area contributed by atoms with Crippen LogP contribution in [0.15, 0.2) is 307 Å². The molecule has 14 aromatic carbocycles. The molecular formula is C86H49B2F12N5S. The summed E-state index contributed by atoms with van der Waals surface area (Å²) >= 11 is 0.692. The molecule has 0 amide bonds. The molecule has 0 radical (unpaired) electrons. The van der Waals surface area contributed by atoms with Crippen LogP contribution in [0.4, 0.5) is 138 Å². The maximum Gasteiger partial charge on any atom is 0.419 e. The van der Waals surface area contributed by atoms with E-state index in [4.69, 9.17) is 0 Å². The van der Waals surface area contributed by atoms with Crippen LogP contribution >= 0.6 is 11.8 Å². The van der Waals surface area contributed by atoms with Gasteiger partial charge < -0.3 is 24.5 Å². The highest BCUT2D eigenvalue weighted by molar-refractivity contribution is 8.00. The first-order chi connectivity index (χ1) is 51.4. The standard InChI is InChI=1S/C86H49B2F12N5S/c89-64-31-17-32-65(90)81(64)102(54-25-8-3-9-26-54)57-45-73-78-74(46-57)104(82-66(91)33-18-34-67(82)92)71-38-14-11-29-60(71)87(78)62-49-63-84(77(86(98,99)100)80(62)103(73)70-37-13-10-28-59(70)85(95,96)97)106-76-48-58(47-75-79(76)88(63)61-30-12-15-39-72(61)105(75)83-68(93)35-19-36-69(83)94)101(55-42-40-52(41-43-55)50-20-4-1-5-21-50)56-27-16-24-53(44-56)51-22-6-2-7-23-51/h1-49H. The van der Waals surface area contributed by atoms with Gasteiger partial charge in [0.2, 0.25) is 6.71 Å². The fourth-order valence-corrected chi connectivity index (χ4v) is 17.2. The lowest BCUT2D eigenvalue weighted by Crippen LogP contribution is -2.65. The van der Waals surface area contributed by atoms with E-state index in [1.165, 1.54) is 52.3 Å². The molecule has 0 atom stereocenters. The van der Waals surface area contributed by atoms with Crippen molar-refractivity contribution in [2.45, 2.75) is 22.1 Å². The zero-order valence-electron chi connectivity index (χ0n) is 55.1. The molecule has 0 bridgehead atoms. The SMILES string of the molecule is Fc1cccc(F)c1N(c1ccccc1)c1cc2c3c(c1)N(c1ccccc1C(F)(F)F)c1c(cc4c(c1C(F)(F)F)Sc1cc(N(c5ccc(-c6ccccc6)cc5)c5cccc(-c6ccccc6)c5)cc5c1B4c1ccccc1N5c1c(F)cccc1F)B3c1ccccc1N2c1c(F)cccc1F. The fraction of sp³-hybridized carbons (Fsp3) is 0.0233. The van der Waals surface area contributed by atoms with E-state index in [-0.39, 0.29) is 66.6 Å². The molecule has 0 saturated carbocycles. The molecule has 14 aromatic rings. The normalized spacial score (nSPS) is 13.2. The van der Waals surface area contributed by atoms with Gasteiger partial charge in [-0.2, -0.15) is 26.3 Å². The van der Waals surface area contributed by atoms with Crippen molar-refractivity contribution in [3.8, 4) is 22.3 Å². The highest BCUT2D eigenvalue weighted by atomic mass is 32.2. The van der Waals surface area contributed by atoms with Crippen LogP contribution in [-0.4, -0.2) is 13.4 Å². The van der Waals surface area contributed by atoms with E-state index < -0.39 is 105 Å². The van der Waals surface area contributed by atoms with Crippen molar-refractivity contribution in [3.05, 3.63) is 343 Å². The largest absolute Gasteiger partial charge is 0.419 e. The summed E-state index contributed by atoms with van der Waals surface area (Å²) in [4.78, 5) is 6.28. The molecule has 0 aliphatic carbocycles. The number of nitrogens with zero attached hydrogens (tertiary/aromatic N) is 5. The lowest BCUT2D eigenvalue weighted by atomic mass is 9.30. The van der Waals surface area contributed by atoms with Crippen molar-refractivity contribution >= 4 is 143 Å². The molecule has 20 heteroatoms. The molecule has 4 heterocycles. The van der Waals surface area contributed by atoms with Gasteiger partial charge in [0, 0.05) is 61.0 Å². The Bertz CT molecular complexity index is 5830. The van der Waals surface area contributed by atoms with Crippen molar-refractivity contribution in [1.82, 2.24) is 0 Å². The Morgan fingerprint density at radius 2 is 0.698 bits per heavy atom. The fourth-order valence-electron chi connectivity index (χ4n) is 15.8. The van der Waals surface area contributed by atoms with E-state index in [1.54, 1.807) is 78.9 Å². The summed E-state index contributed by atoms with van der Waals surface area (Å²) < 4.78 is 207. The number of halogens is 12. The van der Waals surface area contributed by atoms with Gasteiger partial charge >= 0.3 is 12.4 Å². The minimum Gasteiger partial charge on any atom is -0.310 e. The maximum absolute atomic E-state index is 18.3. The second-order valence-corrected chi connectivity index (χ2v) is 27.1. The minimum atomic E-state index is -5.51. The Morgan fingerprint density at radius 3 is 1.25 bits per heavy atom. The number of hydrogen-bond donors (Lipinski definition) is 0. The predicted octanol–water partition coefficient (Wildman–Crippen LogP) is 21.7. The van der Waals surface area contributed by atoms with Crippen molar-refractivity contribution < 1.29 is 52.7 Å². The molecule has 0 aromatic heterocycles. The molecule has 0 N–H and O–H groups in total. The number of fused-ring (bicyclic) bond motifs is 8. The summed E-state index contributed by atoms with van der Waals surface area (Å²) in [5.41, 5.74) is -1.10. The van der Waals surface area contributed by atoms with Gasteiger partial charge in [-0.15, -0.1) is 0 Å². The lowest BCUT2D eigenvalue weighted by Gasteiger charge is -2.47. The average molecular weight is 1430 g/mol. The molecule has 0 spiro atoms. The summed E-state index contributed by atoms with van der Waals surface area (Å²) in [5.74, 6) is -6.39. The van der Waals surface area contributed by atoms with Crippen molar-refractivity contribution in [2.75, 3.05) is 24.5 Å². The zero-order valence-corrected chi connectivity index (χ0v) is 55.9. The third kappa shape index (κ3) is 10.6. The molecular weight excluding hydrogens is 1380 g/mol. The first-order valence-corrected chi connectivity index (χ1v) is 34.6. The van der Waals surface area contributed by atoms with Gasteiger partial charge in [0.15, 0.2) is 0 Å². The number of benzene rings is 14. The second kappa shape index (κ2) is 25.3. The van der Waals surface area contributed by atoms with Crippen molar-refractivity contribution in [1.29, 1.82) is 0 Å². The van der Waals surface area contributed by atoms with Crippen LogP contribution in [0.25, 0.3) is 22.3 Å². The van der Waals surface area contributed by atoms with Crippen molar-refractivity contribution in [3.63, 3.8) is 0 Å². The quantitative estimate of drug-likeness (QED) is 0.0941. The molecule has 0 saturated heterocycles. The highest BCUT2D eigenvalue weighted by Gasteiger charge is 2.54.